The number of carbonyl (C=O) groups is 2. The zero-order chi connectivity index (χ0) is 18.5. The fourth-order valence-electron chi connectivity index (χ4n) is 1.98. The predicted molar refractivity (Wildman–Crippen MR) is 88.0 cm³/mol. The van der Waals surface area contributed by atoms with Crippen molar-refractivity contribution in [3.8, 4) is 0 Å². The summed E-state index contributed by atoms with van der Waals surface area (Å²) in [6.07, 6.45) is 0.993. The minimum atomic E-state index is -3.53. The van der Waals surface area contributed by atoms with Crippen LogP contribution in [0.2, 0.25) is 0 Å². The fourth-order valence-corrected chi connectivity index (χ4v) is 2.32. The van der Waals surface area contributed by atoms with Gasteiger partial charge >= 0.3 is 0 Å². The molecule has 0 heterocycles. The maximum atomic E-state index is 13.0. The molecule has 7 nitrogen and oxygen atoms in total. The van der Waals surface area contributed by atoms with Crippen molar-refractivity contribution < 1.29 is 22.4 Å². The van der Waals surface area contributed by atoms with Crippen molar-refractivity contribution in [1.82, 2.24) is 14.5 Å². The third-order valence-corrected chi connectivity index (χ3v) is 4.87. The van der Waals surface area contributed by atoms with E-state index in [4.69, 9.17) is 0 Å². The molecule has 0 saturated carbocycles. The zero-order valence-corrected chi connectivity index (χ0v) is 14.9. The Hall–Kier alpha value is -2.00. The van der Waals surface area contributed by atoms with E-state index in [0.29, 0.717) is 5.56 Å². The van der Waals surface area contributed by atoms with Gasteiger partial charge in [-0.05, 0) is 24.6 Å². The summed E-state index contributed by atoms with van der Waals surface area (Å²) >= 11 is 0. The van der Waals surface area contributed by atoms with Crippen LogP contribution in [-0.4, -0.2) is 62.4 Å². The number of nitrogens with one attached hydrogen (secondary N) is 1. The average molecular weight is 359 g/mol. The number of hydrogen-bond donors (Lipinski definition) is 1. The van der Waals surface area contributed by atoms with Gasteiger partial charge in [0.25, 0.3) is 0 Å². The lowest BCUT2D eigenvalue weighted by Crippen LogP contribution is -2.50. The van der Waals surface area contributed by atoms with E-state index < -0.39 is 27.8 Å². The summed E-state index contributed by atoms with van der Waals surface area (Å²) in [4.78, 5) is 25.6. The third kappa shape index (κ3) is 5.57. The van der Waals surface area contributed by atoms with Gasteiger partial charge in [-0.15, -0.1) is 0 Å². The second-order valence-electron chi connectivity index (χ2n) is 5.46. The largest absolute Gasteiger partial charge is 0.357 e. The second kappa shape index (κ2) is 8.20. The van der Waals surface area contributed by atoms with Crippen molar-refractivity contribution in [2.45, 2.75) is 19.5 Å². The highest BCUT2D eigenvalue weighted by atomic mass is 32.2. The number of rotatable bonds is 7. The van der Waals surface area contributed by atoms with E-state index in [2.05, 4.69) is 5.32 Å². The van der Waals surface area contributed by atoms with Crippen LogP contribution in [0.25, 0.3) is 0 Å². The minimum Gasteiger partial charge on any atom is -0.357 e. The highest BCUT2D eigenvalue weighted by Gasteiger charge is 2.27. The van der Waals surface area contributed by atoms with Gasteiger partial charge in [-0.25, -0.2) is 12.8 Å². The van der Waals surface area contributed by atoms with E-state index in [9.17, 15) is 22.4 Å². The fraction of sp³-hybridized carbons (Fsp3) is 0.467. The molecule has 1 aromatic carbocycles. The molecule has 0 spiro atoms. The van der Waals surface area contributed by atoms with Gasteiger partial charge in [0.1, 0.15) is 11.9 Å². The molecule has 9 heteroatoms. The molecule has 0 fully saturated rings. The first-order valence-corrected chi connectivity index (χ1v) is 9.08. The Morgan fingerprint density at radius 2 is 1.79 bits per heavy atom. The lowest BCUT2D eigenvalue weighted by Gasteiger charge is -2.29. The minimum absolute atomic E-state index is 0.0608. The highest BCUT2D eigenvalue weighted by molar-refractivity contribution is 7.88. The van der Waals surface area contributed by atoms with Gasteiger partial charge in [0.2, 0.25) is 21.8 Å². The molecule has 0 bridgehead atoms. The smallest absolute Gasteiger partial charge is 0.242 e. The Morgan fingerprint density at radius 1 is 1.25 bits per heavy atom. The van der Waals surface area contributed by atoms with Crippen molar-refractivity contribution in [3.63, 3.8) is 0 Å². The molecule has 134 valence electrons. The number of amides is 2. The van der Waals surface area contributed by atoms with Crippen LogP contribution in [0.15, 0.2) is 24.3 Å². The lowest BCUT2D eigenvalue weighted by molar-refractivity contribution is -0.140. The van der Waals surface area contributed by atoms with Gasteiger partial charge < -0.3 is 10.2 Å². The topological polar surface area (TPSA) is 86.8 Å². The van der Waals surface area contributed by atoms with E-state index in [1.165, 1.54) is 43.3 Å². The third-order valence-electron chi connectivity index (χ3n) is 3.60. The molecule has 0 saturated heterocycles. The molecular formula is C15H22FN3O4S. The van der Waals surface area contributed by atoms with Crippen LogP contribution < -0.4 is 5.32 Å². The van der Waals surface area contributed by atoms with Gasteiger partial charge in [-0.1, -0.05) is 12.1 Å². The number of halogens is 1. The number of hydrogen-bond acceptors (Lipinski definition) is 4. The zero-order valence-electron chi connectivity index (χ0n) is 14.1. The Labute approximate surface area is 141 Å². The van der Waals surface area contributed by atoms with E-state index in [1.807, 2.05) is 0 Å². The summed E-state index contributed by atoms with van der Waals surface area (Å²) in [7, 11) is -0.794. The van der Waals surface area contributed by atoms with Crippen molar-refractivity contribution >= 4 is 21.8 Å². The standard InChI is InChI=1S/C15H22FN3O4S/c1-11(15(21)17-2)19(9-12-5-7-13(16)8-6-12)14(20)10-18(3)24(4,22)23/h5-8,11H,9-10H2,1-4H3,(H,17,21)/t11-/m0/s1. The predicted octanol–water partition coefficient (Wildman–Crippen LogP) is 0.180. The van der Waals surface area contributed by atoms with Crippen molar-refractivity contribution in [2.24, 2.45) is 0 Å². The van der Waals surface area contributed by atoms with Crippen LogP contribution in [0.5, 0.6) is 0 Å². The first-order chi connectivity index (χ1) is 11.1. The quantitative estimate of drug-likeness (QED) is 0.752. The number of carbonyl (C=O) groups excluding carboxylic acids is 2. The van der Waals surface area contributed by atoms with Crippen molar-refractivity contribution in [3.05, 3.63) is 35.6 Å². The molecule has 0 aliphatic heterocycles. The molecule has 0 aliphatic carbocycles. The summed E-state index contributed by atoms with van der Waals surface area (Å²) in [5, 5.41) is 2.45. The van der Waals surface area contributed by atoms with Gasteiger partial charge in [0.05, 0.1) is 12.8 Å². The maximum Gasteiger partial charge on any atom is 0.242 e. The molecule has 0 aliphatic rings. The second-order valence-corrected chi connectivity index (χ2v) is 7.55. The molecule has 1 aromatic rings. The molecule has 24 heavy (non-hydrogen) atoms. The Kier molecular flexibility index (Phi) is 6.85. The number of benzene rings is 1. The summed E-state index contributed by atoms with van der Waals surface area (Å²) in [5.74, 6) is -1.32. The normalized spacial score (nSPS) is 12.8. The van der Waals surface area contributed by atoms with Gasteiger partial charge in [0.15, 0.2) is 0 Å². The van der Waals surface area contributed by atoms with E-state index in [-0.39, 0.29) is 19.0 Å². The van der Waals surface area contributed by atoms with Crippen LogP contribution in [0.4, 0.5) is 4.39 Å². The Balaban J connectivity index is 3.02. The Morgan fingerprint density at radius 3 is 2.25 bits per heavy atom. The van der Waals surface area contributed by atoms with Gasteiger partial charge in [0, 0.05) is 20.6 Å². The molecule has 2 amide bonds. The number of nitrogens with zero attached hydrogens (tertiary/aromatic N) is 2. The molecule has 1 rings (SSSR count). The monoisotopic (exact) mass is 359 g/mol. The Bertz CT molecular complexity index is 691. The molecule has 0 aromatic heterocycles. The van der Waals surface area contributed by atoms with Crippen LogP contribution >= 0.6 is 0 Å². The average Bonchev–Trinajstić information content (AvgIpc) is 2.51. The first kappa shape index (κ1) is 20.0. The van der Waals surface area contributed by atoms with Crippen LogP contribution in [0, 0.1) is 5.82 Å². The molecular weight excluding hydrogens is 337 g/mol. The van der Waals surface area contributed by atoms with Crippen LogP contribution in [-0.2, 0) is 26.2 Å². The highest BCUT2D eigenvalue weighted by Crippen LogP contribution is 2.11. The van der Waals surface area contributed by atoms with Crippen LogP contribution in [0.1, 0.15) is 12.5 Å². The van der Waals surface area contributed by atoms with Crippen molar-refractivity contribution in [2.75, 3.05) is 26.9 Å². The summed E-state index contributed by atoms with van der Waals surface area (Å²) < 4.78 is 36.9. The molecule has 1 N–H and O–H groups in total. The van der Waals surface area contributed by atoms with Gasteiger partial charge in [-0.3, -0.25) is 9.59 Å². The molecule has 1 atom stereocenters. The summed E-state index contributed by atoms with van der Waals surface area (Å²) in [6, 6.07) is 4.72. The van der Waals surface area contributed by atoms with E-state index >= 15 is 0 Å². The van der Waals surface area contributed by atoms with Gasteiger partial charge in [-0.2, -0.15) is 4.31 Å². The summed E-state index contributed by atoms with van der Waals surface area (Å²) in [6.45, 7) is 1.22. The molecule has 0 radical (unpaired) electrons. The van der Waals surface area contributed by atoms with Crippen LogP contribution in [0.3, 0.4) is 0 Å². The lowest BCUT2D eigenvalue weighted by atomic mass is 10.1. The van der Waals surface area contributed by atoms with E-state index in [1.54, 1.807) is 6.92 Å². The summed E-state index contributed by atoms with van der Waals surface area (Å²) in [5.41, 5.74) is 0.627. The first-order valence-electron chi connectivity index (χ1n) is 7.23. The van der Waals surface area contributed by atoms with Crippen molar-refractivity contribution in [1.29, 1.82) is 0 Å². The SMILES string of the molecule is CNC(=O)[C@H](C)N(Cc1ccc(F)cc1)C(=O)CN(C)S(C)(=O)=O. The molecule has 0 unspecified atom stereocenters. The van der Waals surface area contributed by atoms with E-state index in [0.717, 1.165) is 10.6 Å². The number of likely N-dealkylation sites (N-methyl/N-ethyl adjacent to an activating group) is 2. The maximum absolute atomic E-state index is 13.0. The number of sulfonamides is 1.